The summed E-state index contributed by atoms with van der Waals surface area (Å²) in [7, 11) is 0. The Balaban J connectivity index is 2.95. The third-order valence-electron chi connectivity index (χ3n) is 3.03. The van der Waals surface area contributed by atoms with E-state index in [4.69, 9.17) is 9.84 Å². The van der Waals surface area contributed by atoms with E-state index in [9.17, 15) is 4.79 Å². The van der Waals surface area contributed by atoms with E-state index in [-0.39, 0.29) is 11.8 Å². The molecule has 0 saturated heterocycles. The number of rotatable bonds is 6. The van der Waals surface area contributed by atoms with Crippen LogP contribution in [0.3, 0.4) is 0 Å². The van der Waals surface area contributed by atoms with Crippen LogP contribution in [0.2, 0.25) is 0 Å². The van der Waals surface area contributed by atoms with Crippen LogP contribution in [-0.4, -0.2) is 17.7 Å². The van der Waals surface area contributed by atoms with Gasteiger partial charge in [0.25, 0.3) is 0 Å². The Morgan fingerprint density at radius 3 is 2.65 bits per heavy atom. The molecule has 17 heavy (non-hydrogen) atoms. The topological polar surface area (TPSA) is 46.5 Å². The molecule has 0 spiro atoms. The lowest BCUT2D eigenvalue weighted by Crippen LogP contribution is -2.18. The van der Waals surface area contributed by atoms with Crippen molar-refractivity contribution < 1.29 is 14.6 Å². The van der Waals surface area contributed by atoms with Gasteiger partial charge in [-0.15, -0.1) is 0 Å². The summed E-state index contributed by atoms with van der Waals surface area (Å²) in [5.74, 6) is -0.288. The molecule has 1 N–H and O–H groups in total. The van der Waals surface area contributed by atoms with Crippen LogP contribution in [0.15, 0.2) is 24.3 Å². The summed E-state index contributed by atoms with van der Waals surface area (Å²) in [5.41, 5.74) is 1.04. The molecular weight excluding hydrogens is 216 g/mol. The zero-order valence-electron chi connectivity index (χ0n) is 10.6. The fourth-order valence-electron chi connectivity index (χ4n) is 2.05. The first-order valence-corrected chi connectivity index (χ1v) is 6.05. The molecule has 0 aliphatic carbocycles. The number of benzene rings is 1. The van der Waals surface area contributed by atoms with Crippen molar-refractivity contribution in [2.24, 2.45) is 5.92 Å². The fourth-order valence-corrected chi connectivity index (χ4v) is 2.05. The van der Waals surface area contributed by atoms with Gasteiger partial charge in [0.1, 0.15) is 5.75 Å². The second-order valence-corrected chi connectivity index (χ2v) is 4.15. The molecular formula is C14H20O3. The lowest BCUT2D eigenvalue weighted by molar-refractivity contribution is -0.141. The first-order chi connectivity index (χ1) is 8.10. The zero-order valence-corrected chi connectivity index (χ0v) is 10.6. The number of aliphatic carboxylic acids is 1. The highest BCUT2D eigenvalue weighted by Crippen LogP contribution is 2.30. The minimum atomic E-state index is -0.751. The summed E-state index contributed by atoms with van der Waals surface area (Å²) in [6, 6.07) is 7.72. The van der Waals surface area contributed by atoms with Gasteiger partial charge >= 0.3 is 5.97 Å². The molecule has 1 rings (SSSR count). The van der Waals surface area contributed by atoms with Crippen molar-refractivity contribution in [3.05, 3.63) is 29.8 Å². The van der Waals surface area contributed by atoms with Gasteiger partial charge in [-0.3, -0.25) is 4.79 Å². The second-order valence-electron chi connectivity index (χ2n) is 4.15. The number of carbonyl (C=O) groups is 1. The first kappa shape index (κ1) is 13.6. The molecule has 0 aromatic heterocycles. The molecule has 3 nitrogen and oxygen atoms in total. The Morgan fingerprint density at radius 2 is 2.12 bits per heavy atom. The maximum absolute atomic E-state index is 11.1. The quantitative estimate of drug-likeness (QED) is 0.824. The highest BCUT2D eigenvalue weighted by atomic mass is 16.5. The van der Waals surface area contributed by atoms with E-state index in [0.717, 1.165) is 17.7 Å². The van der Waals surface area contributed by atoms with E-state index in [0.29, 0.717) is 6.61 Å². The molecule has 0 aliphatic heterocycles. The van der Waals surface area contributed by atoms with Gasteiger partial charge in [-0.25, -0.2) is 0 Å². The predicted molar refractivity (Wildman–Crippen MR) is 67.4 cm³/mol. The number of hydrogen-bond acceptors (Lipinski definition) is 2. The normalized spacial score (nSPS) is 14.1. The molecule has 0 aliphatic rings. The average Bonchev–Trinajstić information content (AvgIpc) is 2.30. The van der Waals surface area contributed by atoms with Gasteiger partial charge in [0, 0.05) is 0 Å². The van der Waals surface area contributed by atoms with Crippen molar-refractivity contribution in [3.63, 3.8) is 0 Å². The smallest absolute Gasteiger partial charge is 0.306 e. The highest BCUT2D eigenvalue weighted by molar-refractivity contribution is 5.71. The largest absolute Gasteiger partial charge is 0.494 e. The van der Waals surface area contributed by atoms with Crippen LogP contribution >= 0.6 is 0 Å². The Morgan fingerprint density at radius 1 is 1.41 bits per heavy atom. The van der Waals surface area contributed by atoms with Crippen LogP contribution in [0.1, 0.15) is 38.7 Å². The van der Waals surface area contributed by atoms with Crippen molar-refractivity contribution in [2.45, 2.75) is 33.1 Å². The highest BCUT2D eigenvalue weighted by Gasteiger charge is 2.23. The maximum atomic E-state index is 11.1. The molecule has 0 heterocycles. The molecule has 2 atom stereocenters. The van der Waals surface area contributed by atoms with E-state index < -0.39 is 5.97 Å². The van der Waals surface area contributed by atoms with Crippen LogP contribution in [0.4, 0.5) is 0 Å². The van der Waals surface area contributed by atoms with Crippen molar-refractivity contribution in [1.82, 2.24) is 0 Å². The van der Waals surface area contributed by atoms with E-state index >= 15 is 0 Å². The van der Waals surface area contributed by atoms with Gasteiger partial charge in [-0.2, -0.15) is 0 Å². The second kappa shape index (κ2) is 6.28. The molecule has 0 fully saturated rings. The van der Waals surface area contributed by atoms with Crippen molar-refractivity contribution >= 4 is 5.97 Å². The van der Waals surface area contributed by atoms with Gasteiger partial charge in [-0.05, 0) is 37.0 Å². The minimum Gasteiger partial charge on any atom is -0.494 e. The third kappa shape index (κ3) is 3.48. The minimum absolute atomic E-state index is 0.0351. The first-order valence-electron chi connectivity index (χ1n) is 6.05. The Labute approximate surface area is 102 Å². The number of ether oxygens (including phenoxy) is 1. The summed E-state index contributed by atoms with van der Waals surface area (Å²) < 4.78 is 5.43. The fraction of sp³-hybridized carbons (Fsp3) is 0.500. The van der Waals surface area contributed by atoms with Crippen molar-refractivity contribution in [3.8, 4) is 5.75 Å². The van der Waals surface area contributed by atoms with Gasteiger partial charge < -0.3 is 9.84 Å². The lowest BCUT2D eigenvalue weighted by atomic mass is 9.85. The lowest BCUT2D eigenvalue weighted by Gasteiger charge is -2.20. The summed E-state index contributed by atoms with van der Waals surface area (Å²) in [4.78, 5) is 11.1. The van der Waals surface area contributed by atoms with Gasteiger partial charge in [0.15, 0.2) is 0 Å². The van der Waals surface area contributed by atoms with Crippen LogP contribution in [0.25, 0.3) is 0 Å². The molecule has 0 saturated carbocycles. The summed E-state index contributed by atoms with van der Waals surface area (Å²) in [5, 5.41) is 9.09. The Bertz CT molecular complexity index is 373. The third-order valence-corrected chi connectivity index (χ3v) is 3.03. The monoisotopic (exact) mass is 236 g/mol. The summed E-state index contributed by atoms with van der Waals surface area (Å²) >= 11 is 0. The van der Waals surface area contributed by atoms with Crippen molar-refractivity contribution in [2.75, 3.05) is 6.61 Å². The molecule has 94 valence electrons. The number of carboxylic acids is 1. The average molecular weight is 236 g/mol. The van der Waals surface area contributed by atoms with E-state index in [1.165, 1.54) is 0 Å². The van der Waals surface area contributed by atoms with Crippen molar-refractivity contribution in [1.29, 1.82) is 0 Å². The maximum Gasteiger partial charge on any atom is 0.306 e. The van der Waals surface area contributed by atoms with Gasteiger partial charge in [0.05, 0.1) is 12.5 Å². The number of carboxylic acid groups (broad SMARTS) is 1. The van der Waals surface area contributed by atoms with E-state index in [2.05, 4.69) is 0 Å². The van der Waals surface area contributed by atoms with Crippen LogP contribution in [0.5, 0.6) is 5.75 Å². The molecule has 3 heteroatoms. The molecule has 1 aromatic rings. The van der Waals surface area contributed by atoms with E-state index in [1.807, 2.05) is 38.1 Å². The Hall–Kier alpha value is -1.51. The molecule has 0 bridgehead atoms. The van der Waals surface area contributed by atoms with Crippen LogP contribution in [0, 0.1) is 5.92 Å². The molecule has 0 unspecified atom stereocenters. The van der Waals surface area contributed by atoms with Crippen LogP contribution < -0.4 is 4.74 Å². The van der Waals surface area contributed by atoms with Gasteiger partial charge in [-0.1, -0.05) is 26.0 Å². The Kier molecular flexibility index (Phi) is 5.01. The SMILES string of the molecule is CCOc1cccc([C@H](CC)[C@H](C)C(=O)O)c1. The molecule has 1 aromatic carbocycles. The zero-order chi connectivity index (χ0) is 12.8. The standard InChI is InChI=1S/C14H20O3/c1-4-13(10(3)14(15)16)11-7-6-8-12(9-11)17-5-2/h6-10,13H,4-5H2,1-3H3,(H,15,16)/t10-,13+/m0/s1. The summed E-state index contributed by atoms with van der Waals surface area (Å²) in [6.45, 7) is 6.32. The predicted octanol–water partition coefficient (Wildman–Crippen LogP) is 3.30. The molecule has 0 amide bonds. The summed E-state index contributed by atoms with van der Waals surface area (Å²) in [6.07, 6.45) is 0.809. The molecule has 0 radical (unpaired) electrons. The van der Waals surface area contributed by atoms with Gasteiger partial charge in [0.2, 0.25) is 0 Å². The number of hydrogen-bond donors (Lipinski definition) is 1. The van der Waals surface area contributed by atoms with Crippen LogP contribution in [-0.2, 0) is 4.79 Å². The van der Waals surface area contributed by atoms with E-state index in [1.54, 1.807) is 6.92 Å².